The van der Waals surface area contributed by atoms with Crippen LogP contribution in [0.4, 0.5) is 18.9 Å². The van der Waals surface area contributed by atoms with Gasteiger partial charge in [0.15, 0.2) is 0 Å². The summed E-state index contributed by atoms with van der Waals surface area (Å²) in [6.45, 7) is 8.47. The van der Waals surface area contributed by atoms with E-state index >= 15 is 0 Å². The molecule has 30 heavy (non-hydrogen) atoms. The van der Waals surface area contributed by atoms with Gasteiger partial charge in [-0.2, -0.15) is 13.2 Å². The highest BCUT2D eigenvalue weighted by Gasteiger charge is 2.34. The van der Waals surface area contributed by atoms with Gasteiger partial charge >= 0.3 is 6.18 Å². The van der Waals surface area contributed by atoms with E-state index in [0.717, 1.165) is 37.9 Å². The number of alkyl halides is 3. The van der Waals surface area contributed by atoms with Crippen molar-refractivity contribution in [2.24, 2.45) is 0 Å². The average molecular weight is 413 g/mol. The molecule has 6 heteroatoms. The van der Waals surface area contributed by atoms with Crippen LogP contribution < -0.4 is 4.90 Å². The highest BCUT2D eigenvalue weighted by atomic mass is 19.4. The second-order valence-corrected chi connectivity index (χ2v) is 7.87. The molecule has 158 valence electrons. The van der Waals surface area contributed by atoms with Gasteiger partial charge in [0.05, 0.1) is 11.3 Å². The van der Waals surface area contributed by atoms with Crippen molar-refractivity contribution >= 4 is 5.69 Å². The van der Waals surface area contributed by atoms with Crippen LogP contribution in [0.15, 0.2) is 60.8 Å². The van der Waals surface area contributed by atoms with Crippen LogP contribution in [0.25, 0.3) is 5.69 Å². The summed E-state index contributed by atoms with van der Waals surface area (Å²) in [6.07, 6.45) is -2.66. The molecule has 0 unspecified atom stereocenters. The third-order valence-electron chi connectivity index (χ3n) is 5.98. The Kier molecular flexibility index (Phi) is 5.60. The Morgan fingerprint density at radius 2 is 1.50 bits per heavy atom. The third-order valence-corrected chi connectivity index (χ3v) is 5.98. The number of hydrogen-bond acceptors (Lipinski definition) is 2. The number of anilines is 1. The van der Waals surface area contributed by atoms with Crippen LogP contribution in [-0.4, -0.2) is 35.6 Å². The summed E-state index contributed by atoms with van der Waals surface area (Å²) < 4.78 is 42.1. The lowest BCUT2D eigenvalue weighted by Crippen LogP contribution is -2.46. The van der Waals surface area contributed by atoms with Gasteiger partial charge in [0.1, 0.15) is 0 Å². The normalized spacial score (nSPS) is 15.6. The van der Waals surface area contributed by atoms with E-state index in [2.05, 4.69) is 41.8 Å². The van der Waals surface area contributed by atoms with Gasteiger partial charge in [0.25, 0.3) is 0 Å². The van der Waals surface area contributed by atoms with Gasteiger partial charge in [-0.25, -0.2) is 0 Å². The number of piperazine rings is 1. The summed E-state index contributed by atoms with van der Waals surface area (Å²) in [7, 11) is 0. The molecule has 0 amide bonds. The van der Waals surface area contributed by atoms with Crippen LogP contribution >= 0.6 is 0 Å². The number of aromatic nitrogens is 1. The number of para-hydroxylation sites is 1. The first kappa shape index (κ1) is 20.5. The fourth-order valence-electron chi connectivity index (χ4n) is 4.16. The summed E-state index contributed by atoms with van der Waals surface area (Å²) in [6, 6.07) is 15.9. The highest BCUT2D eigenvalue weighted by Crippen LogP contribution is 2.34. The fourth-order valence-corrected chi connectivity index (χ4v) is 4.16. The molecule has 0 N–H and O–H groups in total. The number of aryl methyl sites for hydroxylation is 1. The van der Waals surface area contributed by atoms with Crippen LogP contribution in [0.1, 0.15) is 22.4 Å². The van der Waals surface area contributed by atoms with Crippen molar-refractivity contribution in [2.45, 2.75) is 26.6 Å². The summed E-state index contributed by atoms with van der Waals surface area (Å²) in [5.41, 5.74) is 4.31. The maximum absolute atomic E-state index is 13.5. The second-order valence-electron chi connectivity index (χ2n) is 7.87. The molecule has 3 nitrogen and oxygen atoms in total. The van der Waals surface area contributed by atoms with Crippen LogP contribution in [0, 0.1) is 13.8 Å². The minimum atomic E-state index is -4.38. The molecule has 2 aromatic carbocycles. The lowest BCUT2D eigenvalue weighted by molar-refractivity contribution is -0.137. The Morgan fingerprint density at radius 1 is 0.800 bits per heavy atom. The molecule has 1 aliphatic rings. The van der Waals surface area contributed by atoms with Gasteiger partial charge in [-0.15, -0.1) is 0 Å². The first-order valence-corrected chi connectivity index (χ1v) is 10.2. The monoisotopic (exact) mass is 413 g/mol. The predicted octanol–water partition coefficient (Wildman–Crippen LogP) is 5.44. The van der Waals surface area contributed by atoms with Crippen LogP contribution in [0.3, 0.4) is 0 Å². The van der Waals surface area contributed by atoms with Crippen molar-refractivity contribution in [3.8, 4) is 5.69 Å². The molecule has 0 atom stereocenters. The van der Waals surface area contributed by atoms with Crippen molar-refractivity contribution in [2.75, 3.05) is 31.1 Å². The van der Waals surface area contributed by atoms with Crippen molar-refractivity contribution < 1.29 is 13.2 Å². The topological polar surface area (TPSA) is 11.4 Å². The Bertz CT molecular complexity index is 1010. The highest BCUT2D eigenvalue weighted by molar-refractivity contribution is 5.56. The zero-order chi connectivity index (χ0) is 21.3. The zero-order valence-corrected chi connectivity index (χ0v) is 17.3. The molecule has 0 radical (unpaired) electrons. The minimum Gasteiger partial charge on any atom is -0.369 e. The Hall–Kier alpha value is -2.73. The van der Waals surface area contributed by atoms with Crippen LogP contribution in [0.2, 0.25) is 0 Å². The molecule has 2 heterocycles. The number of hydrogen-bond donors (Lipinski definition) is 0. The third kappa shape index (κ3) is 4.10. The lowest BCUT2D eigenvalue weighted by atomic mass is 10.1. The van der Waals surface area contributed by atoms with Crippen molar-refractivity contribution in [1.82, 2.24) is 9.47 Å². The summed E-state index contributed by atoms with van der Waals surface area (Å²) in [5, 5.41) is 0. The van der Waals surface area contributed by atoms with E-state index in [0.29, 0.717) is 6.54 Å². The maximum Gasteiger partial charge on any atom is 0.418 e. The smallest absolute Gasteiger partial charge is 0.369 e. The first-order chi connectivity index (χ1) is 14.3. The molecule has 1 fully saturated rings. The fraction of sp³-hybridized carbons (Fsp3) is 0.333. The SMILES string of the molecule is Cc1cccc(N2CCN(Cc3cccn3-c3ccccc3C(F)(F)F)CC2)c1C. The van der Waals surface area contributed by atoms with Gasteiger partial charge in [0, 0.05) is 50.3 Å². The van der Waals surface area contributed by atoms with Crippen LogP contribution in [0.5, 0.6) is 0 Å². The van der Waals surface area contributed by atoms with Gasteiger partial charge in [-0.05, 0) is 55.3 Å². The molecule has 1 saturated heterocycles. The van der Waals surface area contributed by atoms with E-state index in [1.807, 2.05) is 12.1 Å². The van der Waals surface area contributed by atoms with E-state index in [-0.39, 0.29) is 5.69 Å². The van der Waals surface area contributed by atoms with Gasteiger partial charge in [-0.1, -0.05) is 24.3 Å². The quantitative estimate of drug-likeness (QED) is 0.565. The van der Waals surface area contributed by atoms with Crippen LogP contribution in [-0.2, 0) is 12.7 Å². The Morgan fingerprint density at radius 3 is 2.23 bits per heavy atom. The molecule has 0 saturated carbocycles. The zero-order valence-electron chi connectivity index (χ0n) is 17.3. The number of halogens is 3. The number of rotatable bonds is 4. The standard InChI is InChI=1S/C24H26F3N3/c1-18-7-5-11-22(19(18)2)29-15-13-28(14-16-29)17-20-8-6-12-30(20)23-10-4-3-9-21(23)24(25,26)27/h3-12H,13-17H2,1-2H3. The van der Waals surface area contributed by atoms with E-state index in [1.54, 1.807) is 16.8 Å². The summed E-state index contributed by atoms with van der Waals surface area (Å²) in [4.78, 5) is 4.71. The van der Waals surface area contributed by atoms with Crippen molar-refractivity contribution in [3.63, 3.8) is 0 Å². The predicted molar refractivity (Wildman–Crippen MR) is 114 cm³/mol. The molecular weight excluding hydrogens is 387 g/mol. The number of nitrogens with zero attached hydrogens (tertiary/aromatic N) is 3. The minimum absolute atomic E-state index is 0.180. The van der Waals surface area contributed by atoms with Gasteiger partial charge in [-0.3, -0.25) is 4.90 Å². The lowest BCUT2D eigenvalue weighted by Gasteiger charge is -2.37. The van der Waals surface area contributed by atoms with E-state index < -0.39 is 11.7 Å². The molecule has 4 rings (SSSR count). The van der Waals surface area contributed by atoms with E-state index in [9.17, 15) is 13.2 Å². The largest absolute Gasteiger partial charge is 0.418 e. The molecule has 0 spiro atoms. The van der Waals surface area contributed by atoms with E-state index in [4.69, 9.17) is 0 Å². The maximum atomic E-state index is 13.5. The van der Waals surface area contributed by atoms with Gasteiger partial charge < -0.3 is 9.47 Å². The van der Waals surface area contributed by atoms with Crippen molar-refractivity contribution in [3.05, 3.63) is 83.2 Å². The summed E-state index contributed by atoms with van der Waals surface area (Å²) in [5.74, 6) is 0. The molecular formula is C24H26F3N3. The first-order valence-electron chi connectivity index (χ1n) is 10.2. The van der Waals surface area contributed by atoms with Crippen molar-refractivity contribution in [1.29, 1.82) is 0 Å². The molecule has 1 aromatic heterocycles. The molecule has 1 aliphatic heterocycles. The Balaban J connectivity index is 1.48. The molecule has 3 aromatic rings. The molecule has 0 bridgehead atoms. The van der Waals surface area contributed by atoms with E-state index in [1.165, 1.54) is 28.9 Å². The number of benzene rings is 2. The average Bonchev–Trinajstić information content (AvgIpc) is 3.18. The summed E-state index contributed by atoms with van der Waals surface area (Å²) >= 11 is 0. The second kappa shape index (κ2) is 8.19. The Labute approximate surface area is 175 Å². The molecule has 0 aliphatic carbocycles. The van der Waals surface area contributed by atoms with Gasteiger partial charge in [0.2, 0.25) is 0 Å².